The summed E-state index contributed by atoms with van der Waals surface area (Å²) < 4.78 is 0. The Morgan fingerprint density at radius 2 is 1.67 bits per heavy atom. The summed E-state index contributed by atoms with van der Waals surface area (Å²) in [5, 5.41) is 0. The summed E-state index contributed by atoms with van der Waals surface area (Å²) in [5.41, 5.74) is 0.859. The number of hydrogen-bond donors (Lipinski definition) is 0. The second-order valence-corrected chi connectivity index (χ2v) is 6.60. The topological polar surface area (TPSA) is 60.9 Å². The Morgan fingerprint density at radius 3 is 2.21 bits per heavy atom. The molecule has 1 aromatic rings. The minimum atomic E-state index is -0.301. The molecule has 0 radical (unpaired) electrons. The average Bonchev–Trinajstić information content (AvgIpc) is 2.84. The van der Waals surface area contributed by atoms with Crippen molar-refractivity contribution in [2.24, 2.45) is 0 Å². The molecule has 0 aromatic heterocycles. The van der Waals surface area contributed by atoms with Crippen molar-refractivity contribution in [3.05, 3.63) is 35.4 Å². The molecule has 0 aliphatic carbocycles. The lowest BCUT2D eigenvalue weighted by atomic mass is 10.0. The van der Waals surface area contributed by atoms with Crippen molar-refractivity contribution in [2.75, 3.05) is 33.7 Å². The second-order valence-electron chi connectivity index (χ2n) is 6.60. The van der Waals surface area contributed by atoms with Gasteiger partial charge >= 0.3 is 0 Å². The largest absolute Gasteiger partial charge is 0.343 e. The van der Waals surface area contributed by atoms with E-state index in [1.165, 1.54) is 4.90 Å². The first-order valence-electron chi connectivity index (χ1n) is 8.38. The highest BCUT2D eigenvalue weighted by Gasteiger charge is 2.35. The fourth-order valence-corrected chi connectivity index (χ4v) is 3.41. The number of fused-ring (bicyclic) bond motifs is 1. The van der Waals surface area contributed by atoms with E-state index in [-0.39, 0.29) is 36.7 Å². The van der Waals surface area contributed by atoms with Gasteiger partial charge in [-0.3, -0.25) is 19.3 Å². The summed E-state index contributed by atoms with van der Waals surface area (Å²) in [5.74, 6) is -0.614. The Labute approximate surface area is 142 Å². The van der Waals surface area contributed by atoms with Gasteiger partial charge in [-0.15, -0.1) is 0 Å². The maximum atomic E-state index is 12.4. The smallest absolute Gasteiger partial charge is 0.261 e. The number of benzene rings is 1. The van der Waals surface area contributed by atoms with Crippen molar-refractivity contribution in [3.63, 3.8) is 0 Å². The zero-order chi connectivity index (χ0) is 17.3. The predicted octanol–water partition coefficient (Wildman–Crippen LogP) is 1.23. The lowest BCUT2D eigenvalue weighted by Crippen LogP contribution is -2.45. The highest BCUT2D eigenvalue weighted by molar-refractivity contribution is 6.21. The van der Waals surface area contributed by atoms with Crippen LogP contribution in [-0.2, 0) is 4.79 Å². The van der Waals surface area contributed by atoms with E-state index in [2.05, 4.69) is 11.9 Å². The van der Waals surface area contributed by atoms with Crippen LogP contribution in [0.4, 0.5) is 0 Å². The molecule has 6 nitrogen and oxygen atoms in total. The van der Waals surface area contributed by atoms with Gasteiger partial charge in [0.15, 0.2) is 0 Å². The molecule has 128 valence electrons. The molecule has 0 atom stereocenters. The van der Waals surface area contributed by atoms with E-state index in [1.807, 2.05) is 7.05 Å². The van der Waals surface area contributed by atoms with E-state index in [4.69, 9.17) is 0 Å². The Morgan fingerprint density at radius 1 is 1.12 bits per heavy atom. The maximum absolute atomic E-state index is 12.4. The first kappa shape index (κ1) is 16.6. The molecule has 24 heavy (non-hydrogen) atoms. The number of carbonyl (C=O) groups is 3. The minimum Gasteiger partial charge on any atom is -0.343 e. The minimum absolute atomic E-state index is 0.0129. The highest BCUT2D eigenvalue weighted by Crippen LogP contribution is 2.23. The van der Waals surface area contributed by atoms with Crippen LogP contribution in [0.5, 0.6) is 0 Å². The van der Waals surface area contributed by atoms with Crippen molar-refractivity contribution >= 4 is 17.7 Å². The molecule has 1 fully saturated rings. The molecule has 1 saturated heterocycles. The van der Waals surface area contributed by atoms with Crippen molar-refractivity contribution in [1.82, 2.24) is 14.7 Å². The number of amides is 3. The van der Waals surface area contributed by atoms with Crippen LogP contribution >= 0.6 is 0 Å². The number of rotatable bonds is 4. The summed E-state index contributed by atoms with van der Waals surface area (Å²) in [7, 11) is 3.90. The Kier molecular flexibility index (Phi) is 4.66. The molecule has 0 N–H and O–H groups in total. The highest BCUT2D eigenvalue weighted by atomic mass is 16.2. The molecule has 2 heterocycles. The van der Waals surface area contributed by atoms with Gasteiger partial charge in [-0.25, -0.2) is 0 Å². The summed E-state index contributed by atoms with van der Waals surface area (Å²) in [6.07, 6.45) is 2.10. The van der Waals surface area contributed by atoms with Gasteiger partial charge in [-0.05, 0) is 45.1 Å². The molecule has 2 aliphatic rings. The molecular formula is C18H23N3O3. The number of hydrogen-bond acceptors (Lipinski definition) is 4. The van der Waals surface area contributed by atoms with E-state index in [1.54, 1.807) is 29.2 Å². The van der Waals surface area contributed by atoms with E-state index in [0.717, 1.165) is 25.9 Å². The standard InChI is InChI=1S/C18H23N3O3/c1-19-10-7-13(8-11-19)20(2)16(22)9-12-21-17(23)14-5-3-4-6-15(14)18(21)24/h3-6,13H,7-12H2,1-2H3. The summed E-state index contributed by atoms with van der Waals surface area (Å²) >= 11 is 0. The van der Waals surface area contributed by atoms with E-state index in [0.29, 0.717) is 11.1 Å². The van der Waals surface area contributed by atoms with E-state index < -0.39 is 0 Å². The molecule has 1 aromatic carbocycles. The third-order valence-corrected chi connectivity index (χ3v) is 5.06. The molecule has 6 heteroatoms. The lowest BCUT2D eigenvalue weighted by molar-refractivity contribution is -0.132. The van der Waals surface area contributed by atoms with Crippen LogP contribution in [-0.4, -0.2) is 72.2 Å². The third kappa shape index (κ3) is 3.06. The molecule has 0 saturated carbocycles. The number of likely N-dealkylation sites (tertiary alicyclic amines) is 1. The molecule has 0 spiro atoms. The van der Waals surface area contributed by atoms with E-state index >= 15 is 0 Å². The summed E-state index contributed by atoms with van der Waals surface area (Å²) in [6.45, 7) is 2.11. The van der Waals surface area contributed by atoms with Gasteiger partial charge in [0.1, 0.15) is 0 Å². The monoisotopic (exact) mass is 329 g/mol. The predicted molar refractivity (Wildman–Crippen MR) is 89.7 cm³/mol. The van der Waals surface area contributed by atoms with Crippen LogP contribution < -0.4 is 0 Å². The first-order valence-corrected chi connectivity index (χ1v) is 8.38. The zero-order valence-electron chi connectivity index (χ0n) is 14.2. The van der Waals surface area contributed by atoms with Gasteiger partial charge in [-0.2, -0.15) is 0 Å². The van der Waals surface area contributed by atoms with Gasteiger partial charge in [-0.1, -0.05) is 12.1 Å². The number of piperidine rings is 1. The molecule has 3 amide bonds. The Bertz CT molecular complexity index is 630. The van der Waals surface area contributed by atoms with Gasteiger partial charge in [0.05, 0.1) is 11.1 Å². The lowest BCUT2D eigenvalue weighted by Gasteiger charge is -2.35. The normalized spacial score (nSPS) is 18.8. The Balaban J connectivity index is 1.57. The van der Waals surface area contributed by atoms with E-state index in [9.17, 15) is 14.4 Å². The Hall–Kier alpha value is -2.21. The van der Waals surface area contributed by atoms with Crippen LogP contribution in [0, 0.1) is 0 Å². The molecule has 0 unspecified atom stereocenters. The third-order valence-electron chi connectivity index (χ3n) is 5.06. The van der Waals surface area contributed by atoms with Crippen LogP contribution in [0.3, 0.4) is 0 Å². The van der Waals surface area contributed by atoms with Crippen molar-refractivity contribution in [1.29, 1.82) is 0 Å². The SMILES string of the molecule is CN1CCC(N(C)C(=O)CCN2C(=O)c3ccccc3C2=O)CC1. The molecule has 0 bridgehead atoms. The molecule has 3 rings (SSSR count). The van der Waals surface area contributed by atoms with Crippen LogP contribution in [0.15, 0.2) is 24.3 Å². The van der Waals surface area contributed by atoms with Crippen LogP contribution in [0.2, 0.25) is 0 Å². The second kappa shape index (κ2) is 6.73. The zero-order valence-corrected chi connectivity index (χ0v) is 14.2. The molecule has 2 aliphatic heterocycles. The van der Waals surface area contributed by atoms with Gasteiger partial charge in [0.2, 0.25) is 5.91 Å². The van der Waals surface area contributed by atoms with Crippen molar-refractivity contribution in [3.8, 4) is 0 Å². The van der Waals surface area contributed by atoms with Crippen molar-refractivity contribution < 1.29 is 14.4 Å². The fraction of sp³-hybridized carbons (Fsp3) is 0.500. The van der Waals surface area contributed by atoms with Crippen LogP contribution in [0.1, 0.15) is 40.0 Å². The van der Waals surface area contributed by atoms with Gasteiger partial charge < -0.3 is 9.80 Å². The maximum Gasteiger partial charge on any atom is 0.261 e. The summed E-state index contributed by atoms with van der Waals surface area (Å²) in [4.78, 5) is 42.3. The number of nitrogens with zero attached hydrogens (tertiary/aromatic N) is 3. The van der Waals surface area contributed by atoms with Gasteiger partial charge in [0.25, 0.3) is 11.8 Å². The quantitative estimate of drug-likeness (QED) is 0.780. The fourth-order valence-electron chi connectivity index (χ4n) is 3.41. The first-order chi connectivity index (χ1) is 11.5. The average molecular weight is 329 g/mol. The number of imide groups is 1. The number of carbonyl (C=O) groups excluding carboxylic acids is 3. The molecular weight excluding hydrogens is 306 g/mol. The van der Waals surface area contributed by atoms with Crippen LogP contribution in [0.25, 0.3) is 0 Å². The van der Waals surface area contributed by atoms with Gasteiger partial charge in [0, 0.05) is 26.1 Å². The summed E-state index contributed by atoms with van der Waals surface area (Å²) in [6, 6.07) is 7.04. The van der Waals surface area contributed by atoms with Crippen molar-refractivity contribution in [2.45, 2.75) is 25.3 Å².